The number of hydrogen-bond acceptors (Lipinski definition) is 0. The summed E-state index contributed by atoms with van der Waals surface area (Å²) in [6.45, 7) is 19.5. The van der Waals surface area contributed by atoms with Gasteiger partial charge in [-0.1, -0.05) is 84.5 Å². The molecular weight excluding hydrogens is 269 g/mol. The van der Waals surface area contributed by atoms with Crippen molar-refractivity contribution in [2.45, 2.75) is 41.5 Å². The van der Waals surface area contributed by atoms with Gasteiger partial charge in [0.1, 0.15) is 0 Å². The molecule has 0 fully saturated rings. The maximum atomic E-state index is 4.41. The normalized spacial score (nSPS) is 7.50. The van der Waals surface area contributed by atoms with E-state index in [1.165, 1.54) is 0 Å². The molecule has 0 N–H and O–H groups in total. The van der Waals surface area contributed by atoms with Gasteiger partial charge in [0.25, 0.3) is 0 Å². The second-order valence-corrected chi connectivity index (χ2v) is 2.84. The summed E-state index contributed by atoms with van der Waals surface area (Å²) in [6.07, 6.45) is 3.59. The maximum Gasteiger partial charge on any atom is 1.00 e. The van der Waals surface area contributed by atoms with Crippen LogP contribution in [0, 0.1) is 0 Å². The van der Waals surface area contributed by atoms with Crippen molar-refractivity contribution in [3.05, 3.63) is 48.7 Å². The molecule has 0 amide bonds. The van der Waals surface area contributed by atoms with Crippen LogP contribution in [-0.4, -0.2) is 0 Å². The monoisotopic (exact) mass is 297 g/mol. The molecule has 20 heavy (non-hydrogen) atoms. The number of benzene rings is 1. The molecule has 0 spiro atoms. The van der Waals surface area contributed by atoms with E-state index in [9.17, 15) is 0 Å². The molecule has 0 unspecified atom stereocenters. The summed E-state index contributed by atoms with van der Waals surface area (Å²) in [5.41, 5.74) is 2.99. The van der Waals surface area contributed by atoms with Crippen molar-refractivity contribution in [2.24, 2.45) is 0 Å². The first-order valence-electron chi connectivity index (χ1n) is 7.17. The van der Waals surface area contributed by atoms with Gasteiger partial charge < -0.3 is 4.98 Å². The van der Waals surface area contributed by atoms with Crippen molar-refractivity contribution in [1.29, 1.82) is 0 Å². The largest absolute Gasteiger partial charge is 1.00 e. The van der Waals surface area contributed by atoms with E-state index in [0.29, 0.717) is 0 Å². The van der Waals surface area contributed by atoms with E-state index in [1.807, 2.05) is 71.9 Å². The van der Waals surface area contributed by atoms with Crippen molar-refractivity contribution < 1.29 is 51.4 Å². The number of hydrogen-bond donors (Lipinski definition) is 0. The van der Waals surface area contributed by atoms with Crippen LogP contribution >= 0.6 is 0 Å². The summed E-state index contributed by atoms with van der Waals surface area (Å²) in [6, 6.07) is 8.03. The SMILES string of the molecule is C=Cc1[n-]c2ccccc2c1C=C.CC.CC.CC.[K+]. The summed E-state index contributed by atoms with van der Waals surface area (Å²) in [5, 5.41) is 1.15. The smallest absolute Gasteiger partial charge is 0.657 e. The Hall–Kier alpha value is -0.124. The molecule has 0 saturated carbocycles. The molecule has 1 heterocycles. The summed E-state index contributed by atoms with van der Waals surface area (Å²) in [7, 11) is 0. The van der Waals surface area contributed by atoms with Crippen LogP contribution in [0.15, 0.2) is 37.4 Å². The van der Waals surface area contributed by atoms with E-state index in [2.05, 4.69) is 18.1 Å². The third kappa shape index (κ3) is 7.05. The average molecular weight is 298 g/mol. The molecule has 0 aliphatic rings. The Balaban J connectivity index is -0.000000368. The first-order chi connectivity index (χ1) is 9.36. The number of aromatic nitrogens is 1. The first-order valence-corrected chi connectivity index (χ1v) is 7.17. The van der Waals surface area contributed by atoms with Gasteiger partial charge in [-0.25, -0.2) is 0 Å². The number of fused-ring (bicyclic) bond motifs is 1. The Labute approximate surface area is 168 Å². The Kier molecular flexibility index (Phi) is 21.0. The minimum absolute atomic E-state index is 0. The predicted octanol–water partition coefficient (Wildman–Crippen LogP) is 3.17. The van der Waals surface area contributed by atoms with E-state index >= 15 is 0 Å². The molecule has 0 radical (unpaired) electrons. The van der Waals surface area contributed by atoms with Crippen molar-refractivity contribution in [1.82, 2.24) is 4.98 Å². The van der Waals surface area contributed by atoms with Crippen molar-refractivity contribution in [3.8, 4) is 0 Å². The summed E-state index contributed by atoms with van der Waals surface area (Å²) in [5.74, 6) is 0. The molecule has 2 heteroatoms. The average Bonchev–Trinajstić information content (AvgIpc) is 2.91. The van der Waals surface area contributed by atoms with Gasteiger partial charge in [0, 0.05) is 0 Å². The van der Waals surface area contributed by atoms with Crippen LogP contribution in [0.3, 0.4) is 0 Å². The quantitative estimate of drug-likeness (QED) is 0.777. The second kappa shape index (κ2) is 16.9. The van der Waals surface area contributed by atoms with Gasteiger partial charge in [-0.2, -0.15) is 0 Å². The van der Waals surface area contributed by atoms with Crippen LogP contribution in [-0.2, 0) is 0 Å². The molecule has 1 nitrogen and oxygen atoms in total. The molecule has 1 aromatic heterocycles. The van der Waals surface area contributed by atoms with Gasteiger partial charge >= 0.3 is 51.4 Å². The molecule has 106 valence electrons. The van der Waals surface area contributed by atoms with E-state index < -0.39 is 0 Å². The molecule has 0 aliphatic heterocycles. The molecular formula is C18H28KN. The summed E-state index contributed by atoms with van der Waals surface area (Å²) >= 11 is 0. The molecule has 2 rings (SSSR count). The van der Waals surface area contributed by atoms with Gasteiger partial charge in [0.2, 0.25) is 0 Å². The van der Waals surface area contributed by atoms with Gasteiger partial charge in [-0.05, 0) is 10.9 Å². The number of rotatable bonds is 2. The minimum Gasteiger partial charge on any atom is -0.657 e. The topological polar surface area (TPSA) is 14.1 Å². The van der Waals surface area contributed by atoms with Crippen molar-refractivity contribution in [2.75, 3.05) is 0 Å². The molecule has 0 bridgehead atoms. The van der Waals surface area contributed by atoms with Crippen LogP contribution in [0.5, 0.6) is 0 Å². The number of nitrogens with zero attached hydrogens (tertiary/aromatic N) is 1. The Morgan fingerprint density at radius 3 is 1.80 bits per heavy atom. The van der Waals surface area contributed by atoms with Crippen LogP contribution in [0.2, 0.25) is 0 Å². The zero-order valence-electron chi connectivity index (χ0n) is 14.3. The van der Waals surface area contributed by atoms with E-state index in [-0.39, 0.29) is 51.4 Å². The fourth-order valence-electron chi connectivity index (χ4n) is 1.50. The van der Waals surface area contributed by atoms with Crippen LogP contribution in [0.25, 0.3) is 23.1 Å². The third-order valence-corrected chi connectivity index (χ3v) is 2.11. The van der Waals surface area contributed by atoms with E-state index in [0.717, 1.165) is 22.2 Å². The van der Waals surface area contributed by atoms with E-state index in [1.54, 1.807) is 6.08 Å². The molecule has 1 aromatic carbocycles. The fourth-order valence-corrected chi connectivity index (χ4v) is 1.50. The van der Waals surface area contributed by atoms with E-state index in [4.69, 9.17) is 0 Å². The summed E-state index contributed by atoms with van der Waals surface area (Å²) in [4.78, 5) is 4.41. The van der Waals surface area contributed by atoms with Gasteiger partial charge in [0.15, 0.2) is 0 Å². The molecule has 2 aromatic rings. The second-order valence-electron chi connectivity index (χ2n) is 2.84. The van der Waals surface area contributed by atoms with Gasteiger partial charge in [-0.15, -0.1) is 17.8 Å². The van der Waals surface area contributed by atoms with Crippen LogP contribution in [0.4, 0.5) is 0 Å². The van der Waals surface area contributed by atoms with Crippen LogP contribution in [0.1, 0.15) is 52.8 Å². The molecule has 0 atom stereocenters. The first kappa shape index (κ1) is 24.9. The van der Waals surface area contributed by atoms with Gasteiger partial charge in [0.05, 0.1) is 0 Å². The Morgan fingerprint density at radius 2 is 1.35 bits per heavy atom. The van der Waals surface area contributed by atoms with Crippen molar-refractivity contribution >= 4 is 23.1 Å². The Morgan fingerprint density at radius 1 is 0.850 bits per heavy atom. The third-order valence-electron chi connectivity index (χ3n) is 2.11. The standard InChI is InChI=1S/C12H10N.3C2H6.K/c1-3-9-10-7-5-6-8-12(10)13-11(9)4-2;3*1-2;/h3-8H,1-2H2;3*1-2H3;/q-1;;;;+1. The van der Waals surface area contributed by atoms with Gasteiger partial charge in [-0.3, -0.25) is 0 Å². The Bertz CT molecular complexity index is 469. The fraction of sp³-hybridized carbons (Fsp3) is 0.333. The molecule has 0 saturated heterocycles. The zero-order valence-corrected chi connectivity index (χ0v) is 17.4. The maximum absolute atomic E-state index is 4.41. The molecule has 0 aliphatic carbocycles. The summed E-state index contributed by atoms with van der Waals surface area (Å²) < 4.78 is 0. The number of para-hydroxylation sites is 1. The van der Waals surface area contributed by atoms with Crippen molar-refractivity contribution in [3.63, 3.8) is 0 Å². The zero-order chi connectivity index (χ0) is 15.3. The van der Waals surface area contributed by atoms with Crippen LogP contribution < -0.4 is 56.4 Å². The minimum atomic E-state index is 0. The predicted molar refractivity (Wildman–Crippen MR) is 91.5 cm³/mol.